The Kier molecular flexibility index (Phi) is 7.09. The van der Waals surface area contributed by atoms with E-state index in [1.165, 1.54) is 34.8 Å². The number of benzene rings is 2. The van der Waals surface area contributed by atoms with Gasteiger partial charge in [-0.2, -0.15) is 0 Å². The third-order valence-electron chi connectivity index (χ3n) is 5.25. The highest BCUT2D eigenvalue weighted by Gasteiger charge is 2.33. The number of carbonyl (C=O) groups excluding carboxylic acids is 1. The topological polar surface area (TPSA) is 102 Å². The van der Waals surface area contributed by atoms with Crippen molar-refractivity contribution < 1.29 is 9.18 Å². The summed E-state index contributed by atoms with van der Waals surface area (Å²) in [5.41, 5.74) is 7.84. The number of rotatable bonds is 6. The fraction of sp³-hybridized carbons (Fsp3) is 0.300. The predicted molar refractivity (Wildman–Crippen MR) is 113 cm³/mol. The molecule has 3 N–H and O–H groups in total. The van der Waals surface area contributed by atoms with Gasteiger partial charge in [-0.15, -0.1) is 17.5 Å². The monoisotopic (exact) mass is 431 g/mol. The van der Waals surface area contributed by atoms with Gasteiger partial charge in [0.2, 0.25) is 5.91 Å². The highest BCUT2D eigenvalue weighted by atomic mass is 35.5. The van der Waals surface area contributed by atoms with E-state index < -0.39 is 5.82 Å². The minimum Gasteiger partial charge on any atom is -0.330 e. The van der Waals surface area contributed by atoms with E-state index >= 15 is 0 Å². The molecule has 1 aromatic heterocycles. The standard InChI is InChI=1S/C20H22FN7O.ClH/c21-18-7-6-16(28-13-23-25-26-28)8-19(18)24-20(29)12-27-10-15(9-22)17(11-27)14-4-2-1-3-5-14;/h1-8,13,15,17H,9-12,22H2,(H,24,29);1H/t15-,17+;/m1./s1. The highest BCUT2D eigenvalue weighted by Crippen LogP contribution is 2.31. The van der Waals surface area contributed by atoms with E-state index in [1.807, 2.05) is 18.2 Å². The lowest BCUT2D eigenvalue weighted by atomic mass is 9.89. The molecule has 4 rings (SSSR count). The van der Waals surface area contributed by atoms with Crippen LogP contribution in [-0.2, 0) is 4.79 Å². The average molecular weight is 432 g/mol. The van der Waals surface area contributed by atoms with Crippen molar-refractivity contribution in [2.45, 2.75) is 5.92 Å². The Hall–Kier alpha value is -2.88. The van der Waals surface area contributed by atoms with Gasteiger partial charge in [0.25, 0.3) is 0 Å². The van der Waals surface area contributed by atoms with Crippen LogP contribution in [0.15, 0.2) is 54.9 Å². The molecule has 1 aliphatic heterocycles. The first-order chi connectivity index (χ1) is 14.1. The van der Waals surface area contributed by atoms with Crippen molar-refractivity contribution in [3.8, 4) is 5.69 Å². The predicted octanol–water partition coefficient (Wildman–Crippen LogP) is 1.84. The van der Waals surface area contributed by atoms with E-state index in [-0.39, 0.29) is 42.4 Å². The van der Waals surface area contributed by atoms with E-state index in [1.54, 1.807) is 0 Å². The molecule has 1 fully saturated rings. The third kappa shape index (κ3) is 4.81. The largest absolute Gasteiger partial charge is 0.330 e. The zero-order valence-corrected chi connectivity index (χ0v) is 17.0. The number of nitrogens with zero attached hydrogens (tertiary/aromatic N) is 5. The summed E-state index contributed by atoms with van der Waals surface area (Å²) in [4.78, 5) is 14.6. The summed E-state index contributed by atoms with van der Waals surface area (Å²) in [7, 11) is 0. The van der Waals surface area contributed by atoms with Crippen LogP contribution >= 0.6 is 12.4 Å². The number of amides is 1. The van der Waals surface area contributed by atoms with Crippen molar-refractivity contribution in [1.29, 1.82) is 0 Å². The van der Waals surface area contributed by atoms with Crippen LogP contribution in [0.25, 0.3) is 5.69 Å². The number of hydrogen-bond acceptors (Lipinski definition) is 6. The van der Waals surface area contributed by atoms with Gasteiger partial charge in [-0.25, -0.2) is 9.07 Å². The second kappa shape index (κ2) is 9.75. The zero-order chi connectivity index (χ0) is 20.2. The maximum atomic E-state index is 14.2. The molecule has 2 heterocycles. The molecule has 2 atom stereocenters. The SMILES string of the molecule is Cl.NC[C@@H]1CN(CC(=O)Nc2cc(-n3cnnn3)ccc2F)C[C@H]1c1ccccc1. The quantitative estimate of drug-likeness (QED) is 0.617. The van der Waals surface area contributed by atoms with E-state index in [0.717, 1.165) is 13.1 Å². The normalized spacial score (nSPS) is 18.7. The molecule has 158 valence electrons. The Balaban J connectivity index is 0.00000256. The number of likely N-dealkylation sites (tertiary alicyclic amines) is 1. The van der Waals surface area contributed by atoms with Crippen molar-refractivity contribution in [2.24, 2.45) is 11.7 Å². The molecule has 3 aromatic rings. The Morgan fingerprint density at radius 1 is 1.20 bits per heavy atom. The van der Waals surface area contributed by atoms with Gasteiger partial charge in [-0.3, -0.25) is 9.69 Å². The fourth-order valence-electron chi connectivity index (χ4n) is 3.83. The summed E-state index contributed by atoms with van der Waals surface area (Å²) in [6, 6.07) is 14.5. The molecule has 0 spiro atoms. The molecule has 10 heteroatoms. The molecule has 2 aromatic carbocycles. The molecule has 0 unspecified atom stereocenters. The Morgan fingerprint density at radius 3 is 2.70 bits per heavy atom. The summed E-state index contributed by atoms with van der Waals surface area (Å²) in [6.45, 7) is 2.21. The zero-order valence-electron chi connectivity index (χ0n) is 16.2. The van der Waals surface area contributed by atoms with Crippen LogP contribution in [0.2, 0.25) is 0 Å². The molecule has 0 aliphatic carbocycles. The Bertz CT molecular complexity index is 971. The number of carbonyl (C=O) groups is 1. The molecule has 0 saturated carbocycles. The lowest BCUT2D eigenvalue weighted by Crippen LogP contribution is -2.32. The van der Waals surface area contributed by atoms with Gasteiger partial charge < -0.3 is 11.1 Å². The van der Waals surface area contributed by atoms with Crippen LogP contribution in [0, 0.1) is 11.7 Å². The van der Waals surface area contributed by atoms with Crippen LogP contribution in [0.5, 0.6) is 0 Å². The molecular weight excluding hydrogens is 409 g/mol. The van der Waals surface area contributed by atoms with Gasteiger partial charge in [0.05, 0.1) is 17.9 Å². The first kappa shape index (κ1) is 21.8. The molecule has 1 saturated heterocycles. The van der Waals surface area contributed by atoms with Crippen molar-refractivity contribution in [1.82, 2.24) is 25.1 Å². The summed E-state index contributed by atoms with van der Waals surface area (Å²) in [6.07, 6.45) is 1.40. The molecule has 1 aliphatic rings. The van der Waals surface area contributed by atoms with E-state index in [9.17, 15) is 9.18 Å². The van der Waals surface area contributed by atoms with Crippen LogP contribution in [0.1, 0.15) is 11.5 Å². The molecule has 1 amide bonds. The van der Waals surface area contributed by atoms with Gasteiger partial charge in [0.1, 0.15) is 12.1 Å². The number of hydrogen-bond donors (Lipinski definition) is 2. The minimum absolute atomic E-state index is 0. The van der Waals surface area contributed by atoms with Crippen molar-refractivity contribution in [3.63, 3.8) is 0 Å². The summed E-state index contributed by atoms with van der Waals surface area (Å²) < 4.78 is 15.6. The van der Waals surface area contributed by atoms with Crippen molar-refractivity contribution in [3.05, 3.63) is 66.2 Å². The van der Waals surface area contributed by atoms with Gasteiger partial charge in [0, 0.05) is 19.0 Å². The molecular formula is C20H23ClFN7O. The van der Waals surface area contributed by atoms with E-state index in [4.69, 9.17) is 5.73 Å². The number of halogens is 2. The maximum Gasteiger partial charge on any atom is 0.238 e. The minimum atomic E-state index is -0.515. The molecule has 0 bridgehead atoms. The summed E-state index contributed by atoms with van der Waals surface area (Å²) >= 11 is 0. The fourth-order valence-corrected chi connectivity index (χ4v) is 3.83. The van der Waals surface area contributed by atoms with E-state index in [2.05, 4.69) is 37.9 Å². The van der Waals surface area contributed by atoms with Crippen LogP contribution in [-0.4, -0.2) is 57.2 Å². The number of aromatic nitrogens is 4. The number of nitrogens with two attached hydrogens (primary N) is 1. The molecule has 30 heavy (non-hydrogen) atoms. The first-order valence-electron chi connectivity index (χ1n) is 9.44. The van der Waals surface area contributed by atoms with Crippen LogP contribution < -0.4 is 11.1 Å². The van der Waals surface area contributed by atoms with Gasteiger partial charge in [-0.05, 0) is 46.7 Å². The number of tetrazole rings is 1. The lowest BCUT2D eigenvalue weighted by molar-refractivity contribution is -0.117. The van der Waals surface area contributed by atoms with Crippen LogP contribution in [0.3, 0.4) is 0 Å². The third-order valence-corrected chi connectivity index (χ3v) is 5.25. The summed E-state index contributed by atoms with van der Waals surface area (Å²) in [5, 5.41) is 13.6. The lowest BCUT2D eigenvalue weighted by Gasteiger charge is -2.17. The van der Waals surface area contributed by atoms with E-state index in [0.29, 0.717) is 12.2 Å². The Labute approximate surface area is 179 Å². The second-order valence-corrected chi connectivity index (χ2v) is 7.17. The summed E-state index contributed by atoms with van der Waals surface area (Å²) in [5.74, 6) is -0.222. The van der Waals surface area contributed by atoms with Crippen molar-refractivity contribution in [2.75, 3.05) is 31.5 Å². The van der Waals surface area contributed by atoms with Gasteiger partial charge in [0.15, 0.2) is 0 Å². The highest BCUT2D eigenvalue weighted by molar-refractivity contribution is 5.92. The molecule has 0 radical (unpaired) electrons. The maximum absolute atomic E-state index is 14.2. The van der Waals surface area contributed by atoms with Gasteiger partial charge >= 0.3 is 0 Å². The number of nitrogens with one attached hydrogen (secondary N) is 1. The molecule has 8 nitrogen and oxygen atoms in total. The Morgan fingerprint density at radius 2 is 2.00 bits per heavy atom. The first-order valence-corrected chi connectivity index (χ1v) is 9.44. The van der Waals surface area contributed by atoms with Gasteiger partial charge in [-0.1, -0.05) is 30.3 Å². The smallest absolute Gasteiger partial charge is 0.238 e. The van der Waals surface area contributed by atoms with Crippen LogP contribution in [0.4, 0.5) is 10.1 Å². The number of anilines is 1. The van der Waals surface area contributed by atoms with Crippen molar-refractivity contribution >= 4 is 24.0 Å². The second-order valence-electron chi connectivity index (χ2n) is 7.17. The average Bonchev–Trinajstić information content (AvgIpc) is 3.40.